The van der Waals surface area contributed by atoms with Gasteiger partial charge in [-0.1, -0.05) is 45.0 Å². The van der Waals surface area contributed by atoms with Crippen LogP contribution >= 0.6 is 0 Å². The van der Waals surface area contributed by atoms with Crippen molar-refractivity contribution in [3.63, 3.8) is 0 Å². The van der Waals surface area contributed by atoms with E-state index in [2.05, 4.69) is 48.4 Å². The lowest BCUT2D eigenvalue weighted by Gasteiger charge is -2.19. The molecule has 0 aliphatic rings. The first-order valence-corrected chi connectivity index (χ1v) is 9.43. The van der Waals surface area contributed by atoms with Gasteiger partial charge in [-0.15, -0.1) is 0 Å². The standard InChI is InChI=1S/C23H27N3O3/c1-14-20(24-22(27)16-11-18(28-5)13-19(12-16)29-6)21(26-25-14)15-7-9-17(10-8-15)23(2,3)4/h7-13H,1-6H3,(H,24,27)(H,25,26). The minimum atomic E-state index is -0.265. The normalized spacial score (nSPS) is 11.2. The molecule has 0 fully saturated rings. The highest BCUT2D eigenvalue weighted by Gasteiger charge is 2.19. The summed E-state index contributed by atoms with van der Waals surface area (Å²) in [6, 6.07) is 13.3. The lowest BCUT2D eigenvalue weighted by molar-refractivity contribution is 0.102. The van der Waals surface area contributed by atoms with E-state index in [1.54, 1.807) is 32.4 Å². The highest BCUT2D eigenvalue weighted by Crippen LogP contribution is 2.31. The van der Waals surface area contributed by atoms with Crippen LogP contribution in [0, 0.1) is 6.92 Å². The number of nitrogens with zero attached hydrogens (tertiary/aromatic N) is 1. The van der Waals surface area contributed by atoms with Crippen LogP contribution in [-0.4, -0.2) is 30.3 Å². The highest BCUT2D eigenvalue weighted by atomic mass is 16.5. The Balaban J connectivity index is 1.92. The van der Waals surface area contributed by atoms with Crippen molar-refractivity contribution < 1.29 is 14.3 Å². The molecule has 0 atom stereocenters. The summed E-state index contributed by atoms with van der Waals surface area (Å²) in [5, 5.41) is 10.3. The molecular weight excluding hydrogens is 366 g/mol. The maximum Gasteiger partial charge on any atom is 0.256 e. The zero-order valence-electron chi connectivity index (χ0n) is 17.7. The van der Waals surface area contributed by atoms with E-state index in [1.165, 1.54) is 5.56 Å². The second-order valence-electron chi connectivity index (χ2n) is 7.96. The van der Waals surface area contributed by atoms with Gasteiger partial charge in [-0.3, -0.25) is 9.89 Å². The third kappa shape index (κ3) is 4.42. The number of amides is 1. The number of aryl methyl sites for hydroxylation is 1. The van der Waals surface area contributed by atoms with E-state index in [1.807, 2.05) is 19.1 Å². The number of carbonyl (C=O) groups excluding carboxylic acids is 1. The van der Waals surface area contributed by atoms with Crippen LogP contribution in [0.25, 0.3) is 11.3 Å². The molecule has 0 aliphatic carbocycles. The Labute approximate surface area is 171 Å². The van der Waals surface area contributed by atoms with Crippen LogP contribution in [0.3, 0.4) is 0 Å². The average Bonchev–Trinajstić information content (AvgIpc) is 3.07. The fourth-order valence-electron chi connectivity index (χ4n) is 3.04. The van der Waals surface area contributed by atoms with Gasteiger partial charge in [0, 0.05) is 17.2 Å². The predicted octanol–water partition coefficient (Wildman–Crippen LogP) is 4.95. The van der Waals surface area contributed by atoms with Crippen molar-refractivity contribution in [2.75, 3.05) is 19.5 Å². The number of aromatic amines is 1. The summed E-state index contributed by atoms with van der Waals surface area (Å²) in [4.78, 5) is 12.9. The number of hydrogen-bond acceptors (Lipinski definition) is 4. The summed E-state index contributed by atoms with van der Waals surface area (Å²) in [5.41, 5.74) is 4.82. The molecule has 0 saturated heterocycles. The molecule has 6 heteroatoms. The van der Waals surface area contributed by atoms with Crippen LogP contribution in [0.15, 0.2) is 42.5 Å². The summed E-state index contributed by atoms with van der Waals surface area (Å²) < 4.78 is 10.5. The van der Waals surface area contributed by atoms with Gasteiger partial charge in [-0.25, -0.2) is 0 Å². The van der Waals surface area contributed by atoms with Crippen molar-refractivity contribution in [2.45, 2.75) is 33.1 Å². The zero-order chi connectivity index (χ0) is 21.2. The number of ether oxygens (including phenoxy) is 2. The molecular formula is C23H27N3O3. The van der Waals surface area contributed by atoms with Gasteiger partial charge in [-0.05, 0) is 30.0 Å². The first-order valence-electron chi connectivity index (χ1n) is 9.43. The molecule has 0 spiro atoms. The maximum absolute atomic E-state index is 12.9. The smallest absolute Gasteiger partial charge is 0.256 e. The summed E-state index contributed by atoms with van der Waals surface area (Å²) in [5.74, 6) is 0.840. The van der Waals surface area contributed by atoms with Crippen molar-refractivity contribution in [3.8, 4) is 22.8 Å². The maximum atomic E-state index is 12.9. The average molecular weight is 393 g/mol. The molecule has 0 saturated carbocycles. The molecule has 0 unspecified atom stereocenters. The van der Waals surface area contributed by atoms with Gasteiger partial charge in [0.25, 0.3) is 5.91 Å². The van der Waals surface area contributed by atoms with Crippen LogP contribution in [0.2, 0.25) is 0 Å². The van der Waals surface area contributed by atoms with E-state index in [4.69, 9.17) is 9.47 Å². The fraction of sp³-hybridized carbons (Fsp3) is 0.304. The van der Waals surface area contributed by atoms with Gasteiger partial charge in [-0.2, -0.15) is 5.10 Å². The largest absolute Gasteiger partial charge is 0.497 e. The topological polar surface area (TPSA) is 76.2 Å². The monoisotopic (exact) mass is 393 g/mol. The molecule has 0 aliphatic heterocycles. The van der Waals surface area contributed by atoms with Gasteiger partial charge in [0.2, 0.25) is 0 Å². The Morgan fingerprint density at radius 1 is 1.00 bits per heavy atom. The number of aromatic nitrogens is 2. The molecule has 1 heterocycles. The van der Waals surface area contributed by atoms with Gasteiger partial charge in [0.15, 0.2) is 0 Å². The van der Waals surface area contributed by atoms with Gasteiger partial charge in [0.1, 0.15) is 17.2 Å². The summed E-state index contributed by atoms with van der Waals surface area (Å²) >= 11 is 0. The van der Waals surface area contributed by atoms with Crippen LogP contribution in [-0.2, 0) is 5.41 Å². The first kappa shape index (κ1) is 20.5. The van der Waals surface area contributed by atoms with E-state index in [0.29, 0.717) is 28.4 Å². The van der Waals surface area contributed by atoms with E-state index in [-0.39, 0.29) is 11.3 Å². The molecule has 2 aromatic carbocycles. The number of anilines is 1. The minimum absolute atomic E-state index is 0.0719. The second-order valence-corrected chi connectivity index (χ2v) is 7.96. The Bertz CT molecular complexity index is 993. The Kier molecular flexibility index (Phi) is 5.64. The highest BCUT2D eigenvalue weighted by molar-refractivity contribution is 6.06. The van der Waals surface area contributed by atoms with E-state index < -0.39 is 0 Å². The fourth-order valence-corrected chi connectivity index (χ4v) is 3.04. The van der Waals surface area contributed by atoms with Crippen molar-refractivity contribution in [1.82, 2.24) is 10.2 Å². The van der Waals surface area contributed by atoms with Crippen LogP contribution < -0.4 is 14.8 Å². The summed E-state index contributed by atoms with van der Waals surface area (Å²) in [6.07, 6.45) is 0. The van der Waals surface area contributed by atoms with Crippen molar-refractivity contribution >= 4 is 11.6 Å². The lowest BCUT2D eigenvalue weighted by Crippen LogP contribution is -2.13. The summed E-state index contributed by atoms with van der Waals surface area (Å²) in [7, 11) is 3.10. The van der Waals surface area contributed by atoms with Gasteiger partial charge < -0.3 is 14.8 Å². The van der Waals surface area contributed by atoms with E-state index >= 15 is 0 Å². The number of nitrogens with one attached hydrogen (secondary N) is 2. The number of benzene rings is 2. The molecule has 2 N–H and O–H groups in total. The minimum Gasteiger partial charge on any atom is -0.497 e. The molecule has 152 valence electrons. The molecule has 0 radical (unpaired) electrons. The number of methoxy groups -OCH3 is 2. The van der Waals surface area contributed by atoms with Crippen LogP contribution in [0.5, 0.6) is 11.5 Å². The SMILES string of the molecule is COc1cc(OC)cc(C(=O)Nc2c(-c3ccc(C(C)(C)C)cc3)n[nH]c2C)c1. The number of H-pyrrole nitrogens is 1. The quantitative estimate of drug-likeness (QED) is 0.643. The zero-order valence-corrected chi connectivity index (χ0v) is 17.7. The lowest BCUT2D eigenvalue weighted by atomic mass is 9.86. The Morgan fingerprint density at radius 2 is 1.59 bits per heavy atom. The molecule has 3 rings (SSSR count). The molecule has 6 nitrogen and oxygen atoms in total. The van der Waals surface area contributed by atoms with Crippen LogP contribution in [0.1, 0.15) is 42.4 Å². The second kappa shape index (κ2) is 7.99. The molecule has 29 heavy (non-hydrogen) atoms. The molecule has 3 aromatic rings. The third-order valence-corrected chi connectivity index (χ3v) is 4.82. The number of carbonyl (C=O) groups is 1. The van der Waals surface area contributed by atoms with Gasteiger partial charge in [0.05, 0.1) is 25.6 Å². The van der Waals surface area contributed by atoms with E-state index in [9.17, 15) is 4.79 Å². The third-order valence-electron chi connectivity index (χ3n) is 4.82. The van der Waals surface area contributed by atoms with Crippen molar-refractivity contribution in [3.05, 3.63) is 59.3 Å². The Hall–Kier alpha value is -3.28. The number of hydrogen-bond donors (Lipinski definition) is 2. The van der Waals surface area contributed by atoms with Crippen molar-refractivity contribution in [1.29, 1.82) is 0 Å². The molecule has 1 amide bonds. The van der Waals surface area contributed by atoms with Crippen molar-refractivity contribution in [2.24, 2.45) is 0 Å². The first-order chi connectivity index (χ1) is 13.7. The predicted molar refractivity (Wildman–Crippen MR) is 115 cm³/mol. The molecule has 0 bridgehead atoms. The van der Waals surface area contributed by atoms with E-state index in [0.717, 1.165) is 11.3 Å². The Morgan fingerprint density at radius 3 is 2.10 bits per heavy atom. The number of rotatable bonds is 5. The van der Waals surface area contributed by atoms with Crippen LogP contribution in [0.4, 0.5) is 5.69 Å². The van der Waals surface area contributed by atoms with Gasteiger partial charge >= 0.3 is 0 Å². The molecule has 1 aromatic heterocycles. The summed E-state index contributed by atoms with van der Waals surface area (Å²) in [6.45, 7) is 8.40.